The molecule has 1 aliphatic heterocycles. The molecule has 1 saturated heterocycles. The zero-order valence-electron chi connectivity index (χ0n) is 11.8. The summed E-state index contributed by atoms with van der Waals surface area (Å²) in [6, 6.07) is 5.48. The van der Waals surface area contributed by atoms with Crippen molar-refractivity contribution in [2.24, 2.45) is 5.84 Å². The van der Waals surface area contributed by atoms with Gasteiger partial charge in [0.25, 0.3) is 5.91 Å². The highest BCUT2D eigenvalue weighted by atomic mass is 32.2. The highest BCUT2D eigenvalue weighted by molar-refractivity contribution is 7.99. The molecule has 2 rings (SSSR count). The summed E-state index contributed by atoms with van der Waals surface area (Å²) in [4.78, 5) is 14.5. The van der Waals surface area contributed by atoms with Crippen LogP contribution >= 0.6 is 11.8 Å². The smallest absolute Gasteiger partial charge is 0.251 e. The predicted octanol–water partition coefficient (Wildman–Crippen LogP) is 1.06. The molecule has 0 radical (unpaired) electrons. The topological polar surface area (TPSA) is 70.4 Å². The number of anilines is 1. The average molecular weight is 294 g/mol. The third-order valence-electron chi connectivity index (χ3n) is 3.45. The molecular formula is C14H22N4OS. The van der Waals surface area contributed by atoms with E-state index in [0.29, 0.717) is 12.1 Å². The fourth-order valence-corrected chi connectivity index (χ4v) is 3.23. The second kappa shape index (κ2) is 7.52. The van der Waals surface area contributed by atoms with Crippen molar-refractivity contribution >= 4 is 23.4 Å². The third kappa shape index (κ3) is 4.13. The number of nitrogens with one attached hydrogen (secondary N) is 2. The summed E-state index contributed by atoms with van der Waals surface area (Å²) >= 11 is 2.00. The molecule has 1 aliphatic rings. The minimum Gasteiger partial charge on any atom is -0.351 e. The van der Waals surface area contributed by atoms with Gasteiger partial charge in [-0.1, -0.05) is 0 Å². The second-order valence-electron chi connectivity index (χ2n) is 4.88. The lowest BCUT2D eigenvalue weighted by atomic mass is 10.1. The molecule has 4 N–H and O–H groups in total. The van der Waals surface area contributed by atoms with Gasteiger partial charge in [0.15, 0.2) is 0 Å². The Balaban J connectivity index is 1.82. The van der Waals surface area contributed by atoms with E-state index in [0.717, 1.165) is 30.9 Å². The molecule has 1 heterocycles. The van der Waals surface area contributed by atoms with Crippen LogP contribution in [-0.4, -0.2) is 48.5 Å². The van der Waals surface area contributed by atoms with Gasteiger partial charge in [-0.2, -0.15) is 11.8 Å². The SMILES string of the molecule is Cc1cc(NN)ccc1C(=O)NCCN1CCSCC1. The van der Waals surface area contributed by atoms with Gasteiger partial charge in [0.2, 0.25) is 0 Å². The highest BCUT2D eigenvalue weighted by Gasteiger charge is 2.12. The summed E-state index contributed by atoms with van der Waals surface area (Å²) in [5.74, 6) is 7.72. The minimum atomic E-state index is -0.0162. The number of nitrogens with zero attached hydrogens (tertiary/aromatic N) is 1. The standard InChI is InChI=1S/C14H22N4OS/c1-11-10-12(17-15)2-3-13(11)14(19)16-4-5-18-6-8-20-9-7-18/h2-3,10,17H,4-9,15H2,1H3,(H,16,19). The molecule has 5 nitrogen and oxygen atoms in total. The summed E-state index contributed by atoms with van der Waals surface area (Å²) in [6.45, 7) is 5.78. The molecule has 20 heavy (non-hydrogen) atoms. The van der Waals surface area contributed by atoms with Gasteiger partial charge in [-0.15, -0.1) is 0 Å². The Kier molecular flexibility index (Phi) is 5.70. The number of hydrogen-bond donors (Lipinski definition) is 3. The molecule has 0 aliphatic carbocycles. The maximum absolute atomic E-state index is 12.1. The molecule has 0 spiro atoms. The Bertz CT molecular complexity index is 460. The fourth-order valence-electron chi connectivity index (χ4n) is 2.26. The van der Waals surface area contributed by atoms with Crippen LogP contribution in [0.2, 0.25) is 0 Å². The van der Waals surface area contributed by atoms with E-state index in [2.05, 4.69) is 15.6 Å². The molecule has 0 saturated carbocycles. The lowest BCUT2D eigenvalue weighted by molar-refractivity contribution is 0.0948. The number of benzene rings is 1. The van der Waals surface area contributed by atoms with Gasteiger partial charge in [-0.3, -0.25) is 15.5 Å². The van der Waals surface area contributed by atoms with Crippen LogP contribution in [-0.2, 0) is 0 Å². The summed E-state index contributed by atoms with van der Waals surface area (Å²) in [5.41, 5.74) is 5.02. The molecule has 1 fully saturated rings. The van der Waals surface area contributed by atoms with Crippen LogP contribution in [0.1, 0.15) is 15.9 Å². The van der Waals surface area contributed by atoms with Gasteiger partial charge < -0.3 is 10.7 Å². The van der Waals surface area contributed by atoms with Crippen LogP contribution in [0, 0.1) is 6.92 Å². The van der Waals surface area contributed by atoms with Crippen molar-refractivity contribution in [1.82, 2.24) is 10.2 Å². The summed E-state index contributed by atoms with van der Waals surface area (Å²) in [7, 11) is 0. The number of carbonyl (C=O) groups is 1. The number of nitrogens with two attached hydrogens (primary N) is 1. The number of aryl methyl sites for hydroxylation is 1. The monoisotopic (exact) mass is 294 g/mol. The molecular weight excluding hydrogens is 272 g/mol. The Morgan fingerprint density at radius 3 is 2.80 bits per heavy atom. The maximum Gasteiger partial charge on any atom is 0.251 e. The predicted molar refractivity (Wildman–Crippen MR) is 85.1 cm³/mol. The molecule has 1 aromatic rings. The van der Waals surface area contributed by atoms with Gasteiger partial charge in [0.1, 0.15) is 0 Å². The van der Waals surface area contributed by atoms with Gasteiger partial charge in [-0.25, -0.2) is 0 Å². The quantitative estimate of drug-likeness (QED) is 0.559. The van der Waals surface area contributed by atoms with Crippen molar-refractivity contribution in [3.8, 4) is 0 Å². The summed E-state index contributed by atoms with van der Waals surface area (Å²) in [6.07, 6.45) is 0. The van der Waals surface area contributed by atoms with Crippen LogP contribution in [0.25, 0.3) is 0 Å². The Labute approximate surface area is 124 Å². The molecule has 1 aromatic carbocycles. The van der Waals surface area contributed by atoms with Crippen LogP contribution < -0.4 is 16.6 Å². The Morgan fingerprint density at radius 1 is 1.40 bits per heavy atom. The van der Waals surface area contributed by atoms with Crippen LogP contribution in [0.3, 0.4) is 0 Å². The lowest BCUT2D eigenvalue weighted by Crippen LogP contribution is -2.39. The number of hydrogen-bond acceptors (Lipinski definition) is 5. The zero-order chi connectivity index (χ0) is 14.4. The summed E-state index contributed by atoms with van der Waals surface area (Å²) in [5, 5.41) is 2.99. The first-order valence-corrected chi connectivity index (χ1v) is 8.02. The van der Waals surface area contributed by atoms with Crippen molar-refractivity contribution in [1.29, 1.82) is 0 Å². The number of hydrazine groups is 1. The van der Waals surface area contributed by atoms with Crippen molar-refractivity contribution in [3.63, 3.8) is 0 Å². The average Bonchev–Trinajstić information content (AvgIpc) is 2.48. The van der Waals surface area contributed by atoms with Gasteiger partial charge >= 0.3 is 0 Å². The van der Waals surface area contributed by atoms with Crippen molar-refractivity contribution in [2.45, 2.75) is 6.92 Å². The minimum absolute atomic E-state index is 0.0162. The van der Waals surface area contributed by atoms with E-state index in [1.165, 1.54) is 11.5 Å². The third-order valence-corrected chi connectivity index (χ3v) is 4.40. The molecule has 0 unspecified atom stereocenters. The molecule has 1 amide bonds. The molecule has 6 heteroatoms. The summed E-state index contributed by atoms with van der Waals surface area (Å²) < 4.78 is 0. The Hall–Kier alpha value is -1.24. The fraction of sp³-hybridized carbons (Fsp3) is 0.500. The Morgan fingerprint density at radius 2 is 2.15 bits per heavy atom. The number of nitrogen functional groups attached to an aromatic ring is 1. The largest absolute Gasteiger partial charge is 0.351 e. The number of carbonyl (C=O) groups excluding carboxylic acids is 1. The van der Waals surface area contributed by atoms with Gasteiger partial charge in [-0.05, 0) is 30.7 Å². The molecule has 110 valence electrons. The van der Waals surface area contributed by atoms with E-state index in [-0.39, 0.29) is 5.91 Å². The van der Waals surface area contributed by atoms with E-state index >= 15 is 0 Å². The number of amides is 1. The highest BCUT2D eigenvalue weighted by Crippen LogP contribution is 2.14. The number of rotatable bonds is 5. The van der Waals surface area contributed by atoms with E-state index in [4.69, 9.17) is 5.84 Å². The van der Waals surface area contributed by atoms with Crippen LogP contribution in [0.15, 0.2) is 18.2 Å². The lowest BCUT2D eigenvalue weighted by Gasteiger charge is -2.26. The van der Waals surface area contributed by atoms with Crippen molar-refractivity contribution < 1.29 is 4.79 Å². The van der Waals surface area contributed by atoms with E-state index < -0.39 is 0 Å². The first kappa shape index (κ1) is 15.2. The normalized spacial score (nSPS) is 15.9. The molecule has 0 aromatic heterocycles. The van der Waals surface area contributed by atoms with E-state index in [1.54, 1.807) is 6.07 Å². The molecule has 0 atom stereocenters. The first-order chi connectivity index (χ1) is 9.70. The van der Waals surface area contributed by atoms with Gasteiger partial charge in [0.05, 0.1) is 0 Å². The van der Waals surface area contributed by atoms with Crippen molar-refractivity contribution in [2.75, 3.05) is 43.1 Å². The van der Waals surface area contributed by atoms with Crippen LogP contribution in [0.5, 0.6) is 0 Å². The van der Waals surface area contributed by atoms with Crippen LogP contribution in [0.4, 0.5) is 5.69 Å². The van der Waals surface area contributed by atoms with E-state index in [1.807, 2.05) is 30.8 Å². The molecule has 0 bridgehead atoms. The first-order valence-electron chi connectivity index (χ1n) is 6.86. The zero-order valence-corrected chi connectivity index (χ0v) is 12.6. The van der Waals surface area contributed by atoms with Crippen molar-refractivity contribution in [3.05, 3.63) is 29.3 Å². The van der Waals surface area contributed by atoms with E-state index in [9.17, 15) is 4.79 Å². The second-order valence-corrected chi connectivity index (χ2v) is 6.11. The number of thioether (sulfide) groups is 1. The maximum atomic E-state index is 12.1. The van der Waals surface area contributed by atoms with Gasteiger partial charge in [0, 0.05) is 48.9 Å².